The van der Waals surface area contributed by atoms with Gasteiger partial charge in [-0.1, -0.05) is 30.1 Å². The number of benzene rings is 1. The Morgan fingerprint density at radius 2 is 1.81 bits per heavy atom. The number of Topliss-reactive ketones (excluding diaryl/α,β-unsaturated/α-hetero) is 1. The summed E-state index contributed by atoms with van der Waals surface area (Å²) >= 11 is 11.3. The number of hydrogen-bond donors (Lipinski definition) is 0. The van der Waals surface area contributed by atoms with E-state index in [0.717, 1.165) is 0 Å². The zero-order valence-electron chi connectivity index (χ0n) is 8.48. The minimum absolute atomic E-state index is 0.166. The van der Waals surface area contributed by atoms with Gasteiger partial charge in [0.2, 0.25) is 0 Å². The second-order valence-electron chi connectivity index (χ2n) is 3.14. The normalized spacial score (nSPS) is 13.4. The zero-order chi connectivity index (χ0) is 12.3. The summed E-state index contributed by atoms with van der Waals surface area (Å²) in [6.07, 6.45) is 0. The average Bonchev–Trinajstić information content (AvgIpc) is 2.28. The summed E-state index contributed by atoms with van der Waals surface area (Å²) in [5, 5.41) is 0.473. The first-order chi connectivity index (χ1) is 7.38. The minimum atomic E-state index is -3.57. The van der Waals surface area contributed by atoms with Crippen molar-refractivity contribution in [3.63, 3.8) is 0 Å². The number of carbonyl (C=O) groups excluding carboxylic acids is 1. The van der Waals surface area contributed by atoms with Gasteiger partial charge in [0, 0.05) is 16.3 Å². The molecule has 0 bridgehead atoms. The van der Waals surface area contributed by atoms with Crippen LogP contribution in [-0.4, -0.2) is 24.7 Å². The van der Waals surface area contributed by atoms with Crippen LogP contribution < -0.4 is 0 Å². The van der Waals surface area contributed by atoms with Crippen molar-refractivity contribution in [2.75, 3.05) is 5.75 Å². The predicted molar refractivity (Wildman–Crippen MR) is 64.9 cm³/mol. The van der Waals surface area contributed by atoms with Crippen LogP contribution in [0.4, 0.5) is 0 Å². The van der Waals surface area contributed by atoms with Gasteiger partial charge < -0.3 is 0 Å². The zero-order valence-corrected chi connectivity index (χ0v) is 10.8. The Balaban J connectivity index is 2.99. The highest BCUT2D eigenvalue weighted by molar-refractivity contribution is 7.94. The highest BCUT2D eigenvalue weighted by Crippen LogP contribution is 2.17. The fraction of sp³-hybridized carbons (Fsp3) is 0.300. The topological polar surface area (TPSA) is 51.2 Å². The monoisotopic (exact) mass is 280 g/mol. The molecule has 0 spiro atoms. The minimum Gasteiger partial charge on any atom is -0.291 e. The molecule has 0 heterocycles. The average molecular weight is 281 g/mol. The maximum atomic E-state index is 11.7. The maximum Gasteiger partial charge on any atom is 0.197 e. The molecule has 1 aromatic carbocycles. The highest BCUT2D eigenvalue weighted by Gasteiger charge is 2.29. The molecule has 0 aliphatic rings. The molecule has 0 aliphatic heterocycles. The second-order valence-corrected chi connectivity index (χ2v) is 6.64. The van der Waals surface area contributed by atoms with Gasteiger partial charge in [0.05, 0.1) is 0 Å². The first-order valence-corrected chi connectivity index (χ1v) is 7.07. The summed E-state index contributed by atoms with van der Waals surface area (Å²) in [5.41, 5.74) is 0.237. The molecule has 0 unspecified atom stereocenters. The van der Waals surface area contributed by atoms with E-state index < -0.39 is 20.3 Å². The van der Waals surface area contributed by atoms with E-state index in [1.54, 1.807) is 0 Å². The molecule has 3 nitrogen and oxygen atoms in total. The molecule has 16 heavy (non-hydrogen) atoms. The smallest absolute Gasteiger partial charge is 0.197 e. The van der Waals surface area contributed by atoms with E-state index >= 15 is 0 Å². The number of alkyl halides is 1. The van der Waals surface area contributed by atoms with Crippen LogP contribution in [0.15, 0.2) is 24.3 Å². The van der Waals surface area contributed by atoms with Crippen molar-refractivity contribution in [3.8, 4) is 0 Å². The summed E-state index contributed by atoms with van der Waals surface area (Å²) in [5.74, 6) is -0.791. The van der Waals surface area contributed by atoms with Gasteiger partial charge in [-0.25, -0.2) is 8.42 Å². The molecule has 1 aromatic rings. The van der Waals surface area contributed by atoms with Crippen LogP contribution in [0, 0.1) is 0 Å². The lowest BCUT2D eigenvalue weighted by Crippen LogP contribution is -2.26. The molecule has 0 fully saturated rings. The molecule has 0 radical (unpaired) electrons. The Kier molecular flexibility index (Phi) is 4.35. The van der Waals surface area contributed by atoms with Crippen molar-refractivity contribution in [2.24, 2.45) is 0 Å². The molecule has 0 saturated carbocycles. The molecule has 0 amide bonds. The lowest BCUT2D eigenvalue weighted by molar-refractivity contribution is 0.101. The number of rotatable bonds is 4. The molecule has 0 N–H and O–H groups in total. The first kappa shape index (κ1) is 13.5. The van der Waals surface area contributed by atoms with E-state index in [1.807, 2.05) is 0 Å². The van der Waals surface area contributed by atoms with E-state index in [4.69, 9.17) is 23.2 Å². The van der Waals surface area contributed by atoms with Crippen molar-refractivity contribution in [3.05, 3.63) is 34.9 Å². The van der Waals surface area contributed by atoms with Crippen LogP contribution in [0.2, 0.25) is 5.02 Å². The third kappa shape index (κ3) is 2.97. The van der Waals surface area contributed by atoms with Gasteiger partial charge in [0.15, 0.2) is 20.3 Å². The molecule has 0 saturated heterocycles. The van der Waals surface area contributed by atoms with Crippen molar-refractivity contribution in [1.82, 2.24) is 0 Å². The van der Waals surface area contributed by atoms with E-state index in [0.29, 0.717) is 5.02 Å². The SMILES string of the molecule is CCS(=O)(=O)[C@@H](Cl)C(=O)c1ccc(Cl)cc1. The van der Waals surface area contributed by atoms with Crippen molar-refractivity contribution >= 4 is 38.8 Å². The van der Waals surface area contributed by atoms with Gasteiger partial charge in [-0.15, -0.1) is 0 Å². The van der Waals surface area contributed by atoms with Crippen LogP contribution in [0.1, 0.15) is 17.3 Å². The van der Waals surface area contributed by atoms with Gasteiger partial charge >= 0.3 is 0 Å². The van der Waals surface area contributed by atoms with E-state index in [1.165, 1.54) is 31.2 Å². The third-order valence-corrected chi connectivity index (χ3v) is 4.97. The Labute approximate surface area is 104 Å². The van der Waals surface area contributed by atoms with Crippen LogP contribution in [0.25, 0.3) is 0 Å². The number of halogens is 2. The molecule has 1 rings (SSSR count). The lowest BCUT2D eigenvalue weighted by atomic mass is 10.1. The summed E-state index contributed by atoms with van der Waals surface area (Å²) in [6, 6.07) is 5.92. The molecule has 0 aliphatic carbocycles. The summed E-state index contributed by atoms with van der Waals surface area (Å²) in [6.45, 7) is 1.44. The number of ketones is 1. The molecule has 88 valence electrons. The molecular formula is C10H10Cl2O3S. The Hall–Kier alpha value is -0.580. The highest BCUT2D eigenvalue weighted by atomic mass is 35.5. The standard InChI is InChI=1S/C10H10Cl2O3S/c1-2-16(14,15)10(12)9(13)7-3-5-8(11)6-4-7/h3-6,10H,2H2,1H3/t10-/m1/s1. The van der Waals surface area contributed by atoms with E-state index in [2.05, 4.69) is 0 Å². The quantitative estimate of drug-likeness (QED) is 0.629. The van der Waals surface area contributed by atoms with Gasteiger partial charge in [0.1, 0.15) is 0 Å². The van der Waals surface area contributed by atoms with Crippen molar-refractivity contribution in [2.45, 2.75) is 11.6 Å². The fourth-order valence-corrected chi connectivity index (χ4v) is 2.44. The molecule has 6 heteroatoms. The number of carbonyl (C=O) groups is 1. The van der Waals surface area contributed by atoms with Gasteiger partial charge in [-0.05, 0) is 24.3 Å². The number of hydrogen-bond acceptors (Lipinski definition) is 3. The first-order valence-electron chi connectivity index (χ1n) is 4.54. The van der Waals surface area contributed by atoms with Crippen LogP contribution >= 0.6 is 23.2 Å². The lowest BCUT2D eigenvalue weighted by Gasteiger charge is -2.08. The van der Waals surface area contributed by atoms with E-state index in [-0.39, 0.29) is 11.3 Å². The Morgan fingerprint density at radius 1 is 1.31 bits per heavy atom. The van der Waals surface area contributed by atoms with Gasteiger partial charge in [-0.2, -0.15) is 0 Å². The maximum absolute atomic E-state index is 11.7. The molecule has 1 atom stereocenters. The van der Waals surface area contributed by atoms with Crippen molar-refractivity contribution < 1.29 is 13.2 Å². The summed E-state index contributed by atoms with van der Waals surface area (Å²) in [4.78, 5) is 11.7. The second kappa shape index (κ2) is 5.17. The largest absolute Gasteiger partial charge is 0.291 e. The van der Waals surface area contributed by atoms with Crippen molar-refractivity contribution in [1.29, 1.82) is 0 Å². The summed E-state index contributed by atoms with van der Waals surface area (Å²) < 4.78 is 21.3. The van der Waals surface area contributed by atoms with Crippen LogP contribution in [0.3, 0.4) is 0 Å². The summed E-state index contributed by atoms with van der Waals surface area (Å²) in [7, 11) is -3.57. The third-order valence-electron chi connectivity index (χ3n) is 2.05. The predicted octanol–water partition coefficient (Wildman–Crippen LogP) is 2.52. The molecule has 0 aromatic heterocycles. The Morgan fingerprint density at radius 3 is 2.25 bits per heavy atom. The fourth-order valence-electron chi connectivity index (χ4n) is 1.05. The van der Waals surface area contributed by atoms with Gasteiger partial charge in [-0.3, -0.25) is 4.79 Å². The Bertz CT molecular complexity index is 479. The number of sulfone groups is 1. The van der Waals surface area contributed by atoms with E-state index in [9.17, 15) is 13.2 Å². The molecular weight excluding hydrogens is 271 g/mol. The van der Waals surface area contributed by atoms with Crippen LogP contribution in [-0.2, 0) is 9.84 Å². The van der Waals surface area contributed by atoms with Crippen LogP contribution in [0.5, 0.6) is 0 Å². The van der Waals surface area contributed by atoms with Gasteiger partial charge in [0.25, 0.3) is 0 Å².